The van der Waals surface area contributed by atoms with Crippen LogP contribution in [0.1, 0.15) is 43.7 Å². The molecule has 4 rings (SSSR count). The highest BCUT2D eigenvalue weighted by Crippen LogP contribution is 2.33. The van der Waals surface area contributed by atoms with E-state index in [1.807, 2.05) is 24.3 Å². The Morgan fingerprint density at radius 3 is 2.23 bits per heavy atom. The van der Waals surface area contributed by atoms with Crippen LogP contribution >= 0.6 is 11.6 Å². The Morgan fingerprint density at radius 2 is 1.51 bits per heavy atom. The van der Waals surface area contributed by atoms with Gasteiger partial charge in [0.2, 0.25) is 0 Å². The molecule has 0 spiro atoms. The van der Waals surface area contributed by atoms with Crippen molar-refractivity contribution in [1.29, 1.82) is 0 Å². The molecule has 0 fully saturated rings. The molecule has 35 heavy (non-hydrogen) atoms. The van der Waals surface area contributed by atoms with E-state index in [4.69, 9.17) is 16.3 Å². The lowest BCUT2D eigenvalue weighted by molar-refractivity contribution is 0.302. The molecule has 4 aromatic carbocycles. The van der Waals surface area contributed by atoms with E-state index >= 15 is 4.39 Å². The third-order valence-corrected chi connectivity index (χ3v) is 6.45. The van der Waals surface area contributed by atoms with E-state index in [0.29, 0.717) is 46.4 Å². The average molecular weight is 497 g/mol. The van der Waals surface area contributed by atoms with Gasteiger partial charge in [-0.1, -0.05) is 74.2 Å². The molecule has 0 bridgehead atoms. The molecular formula is C30H28ClF3O. The van der Waals surface area contributed by atoms with Crippen molar-refractivity contribution in [3.8, 4) is 16.9 Å². The maximum atomic E-state index is 15.2. The van der Waals surface area contributed by atoms with Crippen LogP contribution in [0, 0.1) is 17.5 Å². The molecule has 0 amide bonds. The summed E-state index contributed by atoms with van der Waals surface area (Å²) in [5.41, 5.74) is 1.88. The zero-order valence-corrected chi connectivity index (χ0v) is 20.5. The minimum absolute atomic E-state index is 0.141. The Bertz CT molecular complexity index is 1280. The number of benzene rings is 4. The number of ether oxygens (including phenoxy) is 1. The van der Waals surface area contributed by atoms with Gasteiger partial charge in [-0.25, -0.2) is 13.2 Å². The second-order valence-corrected chi connectivity index (χ2v) is 9.21. The van der Waals surface area contributed by atoms with Crippen LogP contribution in [0.2, 0.25) is 5.02 Å². The van der Waals surface area contributed by atoms with E-state index in [0.717, 1.165) is 31.2 Å². The monoisotopic (exact) mass is 496 g/mol. The Labute approximate surface area is 209 Å². The van der Waals surface area contributed by atoms with Gasteiger partial charge in [-0.05, 0) is 59.5 Å². The van der Waals surface area contributed by atoms with Crippen molar-refractivity contribution in [2.45, 2.75) is 45.4 Å². The third-order valence-electron chi connectivity index (χ3n) is 6.20. The van der Waals surface area contributed by atoms with E-state index in [1.54, 1.807) is 30.3 Å². The van der Waals surface area contributed by atoms with E-state index in [1.165, 1.54) is 12.1 Å². The Balaban J connectivity index is 1.52. The van der Waals surface area contributed by atoms with Crippen LogP contribution in [0.15, 0.2) is 66.7 Å². The highest BCUT2D eigenvalue weighted by molar-refractivity contribution is 6.30. The first kappa shape index (κ1) is 25.1. The fourth-order valence-corrected chi connectivity index (χ4v) is 4.37. The number of hydrogen-bond acceptors (Lipinski definition) is 1. The molecule has 0 heterocycles. The normalized spacial score (nSPS) is 11.2. The first-order valence-electron chi connectivity index (χ1n) is 12.0. The minimum Gasteiger partial charge on any atom is -0.493 e. The number of rotatable bonds is 10. The molecule has 0 aliphatic carbocycles. The second-order valence-electron chi connectivity index (χ2n) is 8.77. The van der Waals surface area contributed by atoms with Crippen molar-refractivity contribution in [3.63, 3.8) is 0 Å². The van der Waals surface area contributed by atoms with E-state index in [9.17, 15) is 8.78 Å². The Hall–Kier alpha value is -2.98. The molecule has 0 aromatic heterocycles. The molecule has 0 saturated carbocycles. The van der Waals surface area contributed by atoms with Crippen LogP contribution < -0.4 is 4.74 Å². The molecule has 0 radical (unpaired) electrons. The van der Waals surface area contributed by atoms with Gasteiger partial charge in [0.05, 0.1) is 12.2 Å². The average Bonchev–Trinajstić information content (AvgIpc) is 2.84. The molecule has 1 nitrogen and oxygen atoms in total. The van der Waals surface area contributed by atoms with Crippen LogP contribution in [0.3, 0.4) is 0 Å². The van der Waals surface area contributed by atoms with E-state index in [2.05, 4.69) is 6.92 Å². The highest BCUT2D eigenvalue weighted by Gasteiger charge is 2.16. The van der Waals surface area contributed by atoms with Crippen molar-refractivity contribution in [3.05, 3.63) is 100 Å². The van der Waals surface area contributed by atoms with Gasteiger partial charge in [-0.15, -0.1) is 0 Å². The van der Waals surface area contributed by atoms with Crippen molar-refractivity contribution in [1.82, 2.24) is 0 Å². The number of halogens is 4. The molecule has 0 N–H and O–H groups in total. The Kier molecular flexibility index (Phi) is 8.35. The summed E-state index contributed by atoms with van der Waals surface area (Å²) in [6.45, 7) is 2.54. The predicted octanol–water partition coefficient (Wildman–Crippen LogP) is 9.32. The van der Waals surface area contributed by atoms with Crippen LogP contribution in [0.4, 0.5) is 13.2 Å². The van der Waals surface area contributed by atoms with Crippen LogP contribution in [0.5, 0.6) is 5.75 Å². The molecule has 0 aliphatic rings. The standard InChI is InChI=1S/C30H28ClF3O/c1-2-3-4-5-16-35-25-18-27(32)29(28(33)19-25)23-12-15-26-22(17-23)11-10-21(30(26)34)9-6-20-7-13-24(31)14-8-20/h7-8,10-15,17-19H,2-6,9,16H2,1H3. The SMILES string of the molecule is CCCCCCOc1cc(F)c(-c2ccc3c(F)c(CCc4ccc(Cl)cc4)ccc3c2)c(F)c1. The lowest BCUT2D eigenvalue weighted by atomic mass is 9.96. The van der Waals surface area contributed by atoms with Crippen LogP contribution in [0.25, 0.3) is 21.9 Å². The number of fused-ring (bicyclic) bond motifs is 1. The summed E-state index contributed by atoms with van der Waals surface area (Å²) in [6, 6.07) is 18.2. The molecule has 5 heteroatoms. The molecule has 0 atom stereocenters. The zero-order chi connectivity index (χ0) is 24.8. The maximum Gasteiger partial charge on any atom is 0.137 e. The number of hydrogen-bond donors (Lipinski definition) is 0. The number of unbranched alkanes of at least 4 members (excludes halogenated alkanes) is 3. The van der Waals surface area contributed by atoms with E-state index in [-0.39, 0.29) is 17.1 Å². The largest absolute Gasteiger partial charge is 0.493 e. The van der Waals surface area contributed by atoms with Crippen molar-refractivity contribution in [2.75, 3.05) is 6.61 Å². The topological polar surface area (TPSA) is 9.23 Å². The van der Waals surface area contributed by atoms with Gasteiger partial charge in [0.25, 0.3) is 0 Å². The smallest absolute Gasteiger partial charge is 0.137 e. The lowest BCUT2D eigenvalue weighted by Gasteiger charge is -2.12. The van der Waals surface area contributed by atoms with Crippen molar-refractivity contribution in [2.24, 2.45) is 0 Å². The summed E-state index contributed by atoms with van der Waals surface area (Å²) in [4.78, 5) is 0. The van der Waals surface area contributed by atoms with Gasteiger partial charge in [0.1, 0.15) is 23.2 Å². The summed E-state index contributed by atoms with van der Waals surface area (Å²) >= 11 is 5.93. The fourth-order valence-electron chi connectivity index (χ4n) is 4.24. The summed E-state index contributed by atoms with van der Waals surface area (Å²) in [5.74, 6) is -1.53. The predicted molar refractivity (Wildman–Crippen MR) is 138 cm³/mol. The lowest BCUT2D eigenvalue weighted by Crippen LogP contribution is -2.00. The maximum absolute atomic E-state index is 15.2. The summed E-state index contributed by atoms with van der Waals surface area (Å²) in [5, 5.41) is 1.68. The van der Waals surface area contributed by atoms with Crippen molar-refractivity contribution >= 4 is 22.4 Å². The van der Waals surface area contributed by atoms with Gasteiger partial charge in [-0.2, -0.15) is 0 Å². The zero-order valence-electron chi connectivity index (χ0n) is 19.7. The molecule has 182 valence electrons. The van der Waals surface area contributed by atoms with Crippen LogP contribution in [-0.2, 0) is 12.8 Å². The fraction of sp³-hybridized carbons (Fsp3) is 0.267. The molecule has 0 saturated heterocycles. The van der Waals surface area contributed by atoms with Gasteiger partial charge in [0, 0.05) is 22.5 Å². The number of aryl methyl sites for hydroxylation is 2. The van der Waals surface area contributed by atoms with E-state index < -0.39 is 11.6 Å². The quantitative estimate of drug-likeness (QED) is 0.199. The van der Waals surface area contributed by atoms with Gasteiger partial charge < -0.3 is 4.74 Å². The minimum atomic E-state index is -0.701. The third kappa shape index (κ3) is 6.18. The van der Waals surface area contributed by atoms with Crippen LogP contribution in [-0.4, -0.2) is 6.61 Å². The van der Waals surface area contributed by atoms with Gasteiger partial charge in [-0.3, -0.25) is 0 Å². The highest BCUT2D eigenvalue weighted by atomic mass is 35.5. The second kappa shape index (κ2) is 11.6. The Morgan fingerprint density at radius 1 is 0.771 bits per heavy atom. The van der Waals surface area contributed by atoms with Crippen molar-refractivity contribution < 1.29 is 17.9 Å². The molecule has 0 aliphatic heterocycles. The van der Waals surface area contributed by atoms with Gasteiger partial charge in [0.15, 0.2) is 0 Å². The first-order chi connectivity index (χ1) is 17.0. The molecule has 4 aromatic rings. The summed E-state index contributed by atoms with van der Waals surface area (Å²) in [6.07, 6.45) is 5.30. The first-order valence-corrected chi connectivity index (χ1v) is 12.4. The summed E-state index contributed by atoms with van der Waals surface area (Å²) < 4.78 is 50.4. The summed E-state index contributed by atoms with van der Waals surface area (Å²) in [7, 11) is 0. The van der Waals surface area contributed by atoms with Gasteiger partial charge >= 0.3 is 0 Å². The molecular weight excluding hydrogens is 469 g/mol. The molecule has 0 unspecified atom stereocenters.